The number of carbonyl (C=O) groups excluding carboxylic acids is 1. The van der Waals surface area contributed by atoms with Crippen LogP contribution in [-0.2, 0) is 9.53 Å². The van der Waals surface area contributed by atoms with Crippen molar-refractivity contribution >= 4 is 23.1 Å². The van der Waals surface area contributed by atoms with Gasteiger partial charge in [0.05, 0.1) is 19.8 Å². The molecule has 0 aromatic heterocycles. The van der Waals surface area contributed by atoms with E-state index in [1.165, 1.54) is 7.11 Å². The first kappa shape index (κ1) is 29.2. The molecule has 208 valence electrons. The Morgan fingerprint density at radius 1 is 1.02 bits per heavy atom. The fourth-order valence-corrected chi connectivity index (χ4v) is 4.51. The van der Waals surface area contributed by atoms with Gasteiger partial charge in [-0.3, -0.25) is 4.90 Å². The third kappa shape index (κ3) is 8.62. The first-order chi connectivity index (χ1) is 19.4. The molecule has 1 fully saturated rings. The van der Waals surface area contributed by atoms with Crippen LogP contribution in [0.1, 0.15) is 35.1 Å². The summed E-state index contributed by atoms with van der Waals surface area (Å²) in [7, 11) is 1.33. The van der Waals surface area contributed by atoms with Gasteiger partial charge in [-0.2, -0.15) is 0 Å². The summed E-state index contributed by atoms with van der Waals surface area (Å²) < 4.78 is 16.2. The van der Waals surface area contributed by atoms with Gasteiger partial charge in [-0.05, 0) is 90.6 Å². The molecular formula is C33H34ClNO5. The molecule has 0 spiro atoms. The lowest BCUT2D eigenvalue weighted by atomic mass is 9.97. The summed E-state index contributed by atoms with van der Waals surface area (Å²) in [6, 6.07) is 21.4. The van der Waals surface area contributed by atoms with Crippen molar-refractivity contribution in [2.24, 2.45) is 0 Å². The van der Waals surface area contributed by atoms with E-state index in [0.717, 1.165) is 53.8 Å². The highest BCUT2D eigenvalue weighted by Gasteiger charge is 2.15. The summed E-state index contributed by atoms with van der Waals surface area (Å²) >= 11 is 6.14. The lowest BCUT2D eigenvalue weighted by molar-refractivity contribution is -0.142. The second-order valence-electron chi connectivity index (χ2n) is 9.61. The number of aliphatic hydroxyl groups excluding tert-OH is 1. The zero-order valence-electron chi connectivity index (χ0n) is 22.9. The number of aliphatic hydroxyl groups is 1. The number of methoxy groups -OCH3 is 1. The van der Waals surface area contributed by atoms with Gasteiger partial charge in [-0.1, -0.05) is 47.7 Å². The Kier molecular flexibility index (Phi) is 10.7. The number of benzene rings is 3. The summed E-state index contributed by atoms with van der Waals surface area (Å²) in [4.78, 5) is 13.6. The van der Waals surface area contributed by atoms with Crippen LogP contribution in [0.4, 0.5) is 0 Å². The van der Waals surface area contributed by atoms with Crippen molar-refractivity contribution in [2.75, 3.05) is 40.0 Å². The summed E-state index contributed by atoms with van der Waals surface area (Å²) in [6.45, 7) is 4.60. The Morgan fingerprint density at radius 2 is 1.70 bits per heavy atom. The smallest absolute Gasteiger partial charge is 0.343 e. The number of nitrogens with zero attached hydrogens (tertiary/aromatic N) is 1. The summed E-state index contributed by atoms with van der Waals surface area (Å²) in [5.74, 6) is 7.39. The van der Waals surface area contributed by atoms with Crippen LogP contribution in [0.25, 0.3) is 5.57 Å². The molecule has 1 aliphatic heterocycles. The van der Waals surface area contributed by atoms with E-state index in [9.17, 15) is 9.90 Å². The number of rotatable bonds is 9. The van der Waals surface area contributed by atoms with Crippen LogP contribution >= 0.6 is 11.6 Å². The Balaban J connectivity index is 1.44. The second-order valence-corrected chi connectivity index (χ2v) is 10.1. The first-order valence-electron chi connectivity index (χ1n) is 13.3. The van der Waals surface area contributed by atoms with E-state index in [1.54, 1.807) is 6.07 Å². The van der Waals surface area contributed by atoms with Gasteiger partial charge < -0.3 is 19.3 Å². The molecule has 1 aliphatic rings. The van der Waals surface area contributed by atoms with E-state index in [-0.39, 0.29) is 12.7 Å². The van der Waals surface area contributed by atoms with Gasteiger partial charge in [0.2, 0.25) is 0 Å². The van der Waals surface area contributed by atoms with Gasteiger partial charge in [-0.15, -0.1) is 0 Å². The maximum atomic E-state index is 11.4. The minimum Gasteiger partial charge on any atom is -0.489 e. The molecule has 0 atom stereocenters. The molecule has 0 amide bonds. The highest BCUT2D eigenvalue weighted by atomic mass is 35.5. The van der Waals surface area contributed by atoms with Crippen molar-refractivity contribution < 1.29 is 24.1 Å². The molecule has 3 aromatic carbocycles. The van der Waals surface area contributed by atoms with Crippen molar-refractivity contribution in [2.45, 2.75) is 25.9 Å². The van der Waals surface area contributed by atoms with Crippen LogP contribution in [-0.4, -0.2) is 62.0 Å². The number of esters is 1. The van der Waals surface area contributed by atoms with Crippen LogP contribution in [0.2, 0.25) is 5.02 Å². The van der Waals surface area contributed by atoms with Gasteiger partial charge in [0.15, 0.2) is 6.61 Å². The van der Waals surface area contributed by atoms with E-state index in [2.05, 4.69) is 33.6 Å². The first-order valence-corrected chi connectivity index (χ1v) is 13.7. The zero-order valence-corrected chi connectivity index (χ0v) is 23.6. The molecule has 1 heterocycles. The third-order valence-electron chi connectivity index (χ3n) is 6.70. The molecule has 0 radical (unpaired) electrons. The third-order valence-corrected chi connectivity index (χ3v) is 6.95. The Hall–Kier alpha value is -3.76. The number of hydrogen-bond donors (Lipinski definition) is 1. The number of piperidine rings is 1. The average Bonchev–Trinajstić information content (AvgIpc) is 2.97. The molecule has 0 saturated carbocycles. The molecule has 40 heavy (non-hydrogen) atoms. The van der Waals surface area contributed by atoms with Crippen molar-refractivity contribution in [3.8, 4) is 23.3 Å². The number of likely N-dealkylation sites (tertiary alicyclic amines) is 1. The molecular weight excluding hydrogens is 526 g/mol. The van der Waals surface area contributed by atoms with Crippen molar-refractivity contribution in [3.05, 3.63) is 100 Å². The van der Waals surface area contributed by atoms with E-state index >= 15 is 0 Å². The Morgan fingerprint density at radius 3 is 2.35 bits per heavy atom. The van der Waals surface area contributed by atoms with Gasteiger partial charge >= 0.3 is 5.97 Å². The van der Waals surface area contributed by atoms with Crippen molar-refractivity contribution in [1.29, 1.82) is 0 Å². The van der Waals surface area contributed by atoms with Crippen LogP contribution in [0.3, 0.4) is 0 Å². The topological polar surface area (TPSA) is 68.2 Å². The van der Waals surface area contributed by atoms with Crippen LogP contribution in [0.15, 0.2) is 72.8 Å². The molecule has 7 heteroatoms. The average molecular weight is 560 g/mol. The van der Waals surface area contributed by atoms with Gasteiger partial charge in [0.1, 0.15) is 18.1 Å². The van der Waals surface area contributed by atoms with Gasteiger partial charge in [0, 0.05) is 23.7 Å². The maximum absolute atomic E-state index is 11.4. The standard InChI is InChI=1S/C33H34ClNO5/c1-24-22-30(13-14-32(24)40-23-33(37)38-2)39-21-17-31(27-9-11-28(34)12-10-27)26-7-5-25(6-8-26)4-3-18-35-19-15-29(36)16-20-35/h5-14,17,22,29,36H,15-16,18-21,23H2,1-2H3/b31-17+. The van der Waals surface area contributed by atoms with E-state index < -0.39 is 5.97 Å². The monoisotopic (exact) mass is 559 g/mol. The molecule has 1 N–H and O–H groups in total. The Bertz CT molecular complexity index is 1360. The zero-order chi connectivity index (χ0) is 28.3. The summed E-state index contributed by atoms with van der Waals surface area (Å²) in [5, 5.41) is 10.4. The molecule has 6 nitrogen and oxygen atoms in total. The molecule has 0 unspecified atom stereocenters. The summed E-state index contributed by atoms with van der Waals surface area (Å²) in [6.07, 6.45) is 3.51. The number of hydrogen-bond acceptors (Lipinski definition) is 6. The largest absolute Gasteiger partial charge is 0.489 e. The minimum atomic E-state index is -0.432. The summed E-state index contributed by atoms with van der Waals surface area (Å²) in [5.41, 5.74) is 4.92. The SMILES string of the molecule is COC(=O)COc1ccc(OC/C=C(/c2ccc(Cl)cc2)c2ccc(C#CCN3CCC(O)CC3)cc2)cc1C. The number of halogens is 1. The minimum absolute atomic E-state index is 0.140. The normalized spacial score (nSPS) is 14.2. The van der Waals surface area contributed by atoms with E-state index in [4.69, 9.17) is 21.1 Å². The Labute approximate surface area is 241 Å². The number of ether oxygens (including phenoxy) is 3. The predicted molar refractivity (Wildman–Crippen MR) is 158 cm³/mol. The van der Waals surface area contributed by atoms with E-state index in [1.807, 2.05) is 61.5 Å². The number of carbonyl (C=O) groups is 1. The maximum Gasteiger partial charge on any atom is 0.343 e. The van der Waals surface area contributed by atoms with Crippen LogP contribution in [0, 0.1) is 18.8 Å². The van der Waals surface area contributed by atoms with Crippen LogP contribution in [0.5, 0.6) is 11.5 Å². The molecule has 1 saturated heterocycles. The highest BCUT2D eigenvalue weighted by molar-refractivity contribution is 6.30. The fourth-order valence-electron chi connectivity index (χ4n) is 4.39. The molecule has 4 rings (SSSR count). The number of aryl methyl sites for hydroxylation is 1. The van der Waals surface area contributed by atoms with E-state index in [0.29, 0.717) is 29.7 Å². The predicted octanol–water partition coefficient (Wildman–Crippen LogP) is 5.52. The van der Waals surface area contributed by atoms with Crippen molar-refractivity contribution in [1.82, 2.24) is 4.90 Å². The molecule has 3 aromatic rings. The lowest BCUT2D eigenvalue weighted by Crippen LogP contribution is -2.35. The molecule has 0 aliphatic carbocycles. The lowest BCUT2D eigenvalue weighted by Gasteiger charge is -2.27. The van der Waals surface area contributed by atoms with Gasteiger partial charge in [-0.25, -0.2) is 4.79 Å². The van der Waals surface area contributed by atoms with Gasteiger partial charge in [0.25, 0.3) is 0 Å². The second kappa shape index (κ2) is 14.6. The molecule has 0 bridgehead atoms. The van der Waals surface area contributed by atoms with Crippen LogP contribution < -0.4 is 9.47 Å². The highest BCUT2D eigenvalue weighted by Crippen LogP contribution is 2.27. The quantitative estimate of drug-likeness (QED) is 0.275. The fraction of sp³-hybridized carbons (Fsp3) is 0.303. The van der Waals surface area contributed by atoms with Crippen molar-refractivity contribution in [3.63, 3.8) is 0 Å².